The summed E-state index contributed by atoms with van der Waals surface area (Å²) < 4.78 is 39.7. The molecule has 27 heavy (non-hydrogen) atoms. The Kier molecular flexibility index (Phi) is 5.14. The summed E-state index contributed by atoms with van der Waals surface area (Å²) in [6, 6.07) is 6.04. The van der Waals surface area contributed by atoms with Crippen LogP contribution in [0.5, 0.6) is 0 Å². The van der Waals surface area contributed by atoms with Crippen LogP contribution < -0.4 is 5.32 Å². The van der Waals surface area contributed by atoms with Gasteiger partial charge in [0.2, 0.25) is 5.91 Å². The molecule has 0 spiro atoms. The van der Waals surface area contributed by atoms with Crippen LogP contribution in [0, 0.1) is 17.1 Å². The molecule has 3 rings (SSSR count). The van der Waals surface area contributed by atoms with Crippen molar-refractivity contribution in [1.82, 2.24) is 15.2 Å². The Balaban J connectivity index is 1.61. The smallest absolute Gasteiger partial charge is 0.271 e. The van der Waals surface area contributed by atoms with Crippen LogP contribution in [0.25, 0.3) is 10.6 Å². The summed E-state index contributed by atoms with van der Waals surface area (Å²) in [5, 5.41) is 13.2. The molecule has 2 aromatic rings. The van der Waals surface area contributed by atoms with Gasteiger partial charge in [0.25, 0.3) is 11.8 Å². The zero-order valence-electron chi connectivity index (χ0n) is 13.8. The van der Waals surface area contributed by atoms with Crippen molar-refractivity contribution in [3.63, 3.8) is 0 Å². The molecule has 1 fully saturated rings. The van der Waals surface area contributed by atoms with Crippen LogP contribution >= 0.6 is 11.3 Å². The normalized spacial score (nSPS) is 18.1. The average molecular weight is 394 g/mol. The summed E-state index contributed by atoms with van der Waals surface area (Å²) in [7, 11) is 0. The first kappa shape index (κ1) is 18.8. The van der Waals surface area contributed by atoms with Gasteiger partial charge in [-0.2, -0.15) is 5.26 Å². The van der Waals surface area contributed by atoms with Crippen LogP contribution in [0.4, 0.5) is 13.2 Å². The molecule has 0 aliphatic carbocycles. The van der Waals surface area contributed by atoms with Gasteiger partial charge in [-0.15, -0.1) is 11.3 Å². The summed E-state index contributed by atoms with van der Waals surface area (Å²) in [4.78, 5) is 29.1. The van der Waals surface area contributed by atoms with Crippen LogP contribution in [0.1, 0.15) is 16.9 Å². The summed E-state index contributed by atoms with van der Waals surface area (Å²) in [5.74, 6) is -4.91. The predicted molar refractivity (Wildman–Crippen MR) is 90.5 cm³/mol. The fraction of sp³-hybridized carbons (Fsp3) is 0.294. The zero-order valence-corrected chi connectivity index (χ0v) is 14.6. The molecule has 1 aromatic heterocycles. The van der Waals surface area contributed by atoms with Gasteiger partial charge in [-0.1, -0.05) is 0 Å². The maximum absolute atomic E-state index is 13.4. The number of halogens is 3. The van der Waals surface area contributed by atoms with Crippen molar-refractivity contribution in [2.45, 2.75) is 18.4 Å². The molecule has 1 aromatic carbocycles. The highest BCUT2D eigenvalue weighted by Gasteiger charge is 2.47. The van der Waals surface area contributed by atoms with Crippen LogP contribution in [0.2, 0.25) is 0 Å². The Hall–Kier alpha value is -2.93. The number of carbonyl (C=O) groups is 2. The van der Waals surface area contributed by atoms with Gasteiger partial charge in [0.1, 0.15) is 22.6 Å². The van der Waals surface area contributed by atoms with Crippen LogP contribution in [0.15, 0.2) is 29.6 Å². The molecule has 10 heteroatoms. The lowest BCUT2D eigenvalue weighted by Gasteiger charge is -2.19. The van der Waals surface area contributed by atoms with Gasteiger partial charge in [-0.25, -0.2) is 18.2 Å². The van der Waals surface area contributed by atoms with Crippen molar-refractivity contribution in [2.24, 2.45) is 0 Å². The molecule has 6 nitrogen and oxygen atoms in total. The Labute approximate surface area is 156 Å². The minimum absolute atomic E-state index is 0.0516. The van der Waals surface area contributed by atoms with E-state index in [4.69, 9.17) is 5.26 Å². The second kappa shape index (κ2) is 7.36. The highest BCUT2D eigenvalue weighted by Crippen LogP contribution is 2.31. The molecule has 0 unspecified atom stereocenters. The maximum Gasteiger partial charge on any atom is 0.271 e. The number of nitrogens with zero attached hydrogens (tertiary/aromatic N) is 3. The van der Waals surface area contributed by atoms with Gasteiger partial charge < -0.3 is 10.2 Å². The van der Waals surface area contributed by atoms with E-state index in [0.29, 0.717) is 10.6 Å². The largest absolute Gasteiger partial charge is 0.342 e. The van der Waals surface area contributed by atoms with Crippen molar-refractivity contribution in [1.29, 1.82) is 5.26 Å². The lowest BCUT2D eigenvalue weighted by molar-refractivity contribution is -0.131. The van der Waals surface area contributed by atoms with E-state index in [1.54, 1.807) is 6.07 Å². The molecule has 140 valence electrons. The predicted octanol–water partition coefficient (Wildman–Crippen LogP) is 2.44. The van der Waals surface area contributed by atoms with Crippen LogP contribution in [-0.4, -0.2) is 46.8 Å². The first-order valence-corrected chi connectivity index (χ1v) is 8.73. The van der Waals surface area contributed by atoms with Crippen molar-refractivity contribution in [3.8, 4) is 16.6 Å². The highest BCUT2D eigenvalue weighted by molar-refractivity contribution is 7.13. The summed E-state index contributed by atoms with van der Waals surface area (Å²) in [6.07, 6.45) is -0.712. The van der Waals surface area contributed by atoms with Gasteiger partial charge in [0.05, 0.1) is 19.2 Å². The lowest BCUT2D eigenvalue weighted by Crippen LogP contribution is -2.43. The number of nitrogens with one attached hydrogen (secondary N) is 1. The number of thiazole rings is 1. The highest BCUT2D eigenvalue weighted by atomic mass is 32.1. The third kappa shape index (κ3) is 4.25. The Bertz CT molecular complexity index is 908. The van der Waals surface area contributed by atoms with Gasteiger partial charge >= 0.3 is 0 Å². The zero-order chi connectivity index (χ0) is 19.6. The number of nitriles is 1. The number of amides is 2. The fourth-order valence-electron chi connectivity index (χ4n) is 2.65. The van der Waals surface area contributed by atoms with E-state index in [2.05, 4.69) is 10.3 Å². The minimum atomic E-state index is -3.11. The third-order valence-electron chi connectivity index (χ3n) is 3.97. The van der Waals surface area contributed by atoms with Gasteiger partial charge in [-0.05, 0) is 24.3 Å². The van der Waals surface area contributed by atoms with Gasteiger partial charge in [0.15, 0.2) is 0 Å². The second-order valence-electron chi connectivity index (χ2n) is 5.95. The van der Waals surface area contributed by atoms with Gasteiger partial charge in [-0.3, -0.25) is 9.59 Å². The Morgan fingerprint density at radius 3 is 2.74 bits per heavy atom. The SMILES string of the molecule is N#C[C@@H]1CC(F)(F)CN1C(=O)CNC(=O)c1csc(-c2ccc(F)cc2)n1. The van der Waals surface area contributed by atoms with E-state index in [0.717, 1.165) is 4.90 Å². The number of rotatable bonds is 4. The molecular formula is C17H13F3N4O2S. The molecule has 1 saturated heterocycles. The van der Waals surface area contributed by atoms with Crippen molar-refractivity contribution in [2.75, 3.05) is 13.1 Å². The summed E-state index contributed by atoms with van der Waals surface area (Å²) >= 11 is 1.17. The molecule has 1 atom stereocenters. The van der Waals surface area contributed by atoms with Crippen LogP contribution in [-0.2, 0) is 4.79 Å². The van der Waals surface area contributed by atoms with Crippen LogP contribution in [0.3, 0.4) is 0 Å². The van der Waals surface area contributed by atoms with Crippen molar-refractivity contribution >= 4 is 23.2 Å². The fourth-order valence-corrected chi connectivity index (χ4v) is 3.45. The van der Waals surface area contributed by atoms with Gasteiger partial charge in [0, 0.05) is 17.4 Å². The van der Waals surface area contributed by atoms with E-state index in [9.17, 15) is 22.8 Å². The first-order chi connectivity index (χ1) is 12.8. The molecular weight excluding hydrogens is 381 g/mol. The second-order valence-corrected chi connectivity index (χ2v) is 6.81. The molecule has 0 saturated carbocycles. The summed E-state index contributed by atoms with van der Waals surface area (Å²) in [6.45, 7) is -1.36. The standard InChI is InChI=1S/C17H13F3N4O2S/c18-11-3-1-10(2-4-11)16-23-13(8-27-16)15(26)22-7-14(25)24-9-17(19,20)5-12(24)6-21/h1-4,8,12H,5,7,9H2,(H,22,26)/t12-/m0/s1. The molecule has 0 bridgehead atoms. The van der Waals surface area contributed by atoms with E-state index >= 15 is 0 Å². The Morgan fingerprint density at radius 2 is 2.07 bits per heavy atom. The number of hydrogen-bond acceptors (Lipinski definition) is 5. The van der Waals surface area contributed by atoms with E-state index in [1.165, 1.54) is 41.0 Å². The minimum Gasteiger partial charge on any atom is -0.342 e. The monoisotopic (exact) mass is 394 g/mol. The number of aromatic nitrogens is 1. The quantitative estimate of drug-likeness (QED) is 0.863. The first-order valence-electron chi connectivity index (χ1n) is 7.86. The third-order valence-corrected chi connectivity index (χ3v) is 4.86. The number of likely N-dealkylation sites (tertiary alicyclic amines) is 1. The Morgan fingerprint density at radius 1 is 1.37 bits per heavy atom. The van der Waals surface area contributed by atoms with Crippen molar-refractivity contribution in [3.05, 3.63) is 41.2 Å². The number of benzene rings is 1. The number of carbonyl (C=O) groups excluding carboxylic acids is 2. The average Bonchev–Trinajstić information content (AvgIpc) is 3.24. The van der Waals surface area contributed by atoms with Crippen molar-refractivity contribution < 1.29 is 22.8 Å². The van der Waals surface area contributed by atoms with E-state index in [1.807, 2.05) is 0 Å². The number of alkyl halides is 2. The van der Waals surface area contributed by atoms with E-state index in [-0.39, 0.29) is 5.69 Å². The topological polar surface area (TPSA) is 86.1 Å². The van der Waals surface area contributed by atoms with E-state index < -0.39 is 49.1 Å². The lowest BCUT2D eigenvalue weighted by atomic mass is 10.2. The molecule has 0 radical (unpaired) electrons. The molecule has 1 aliphatic heterocycles. The molecule has 2 amide bonds. The maximum atomic E-state index is 13.4. The number of hydrogen-bond donors (Lipinski definition) is 1. The molecule has 1 aliphatic rings. The molecule has 2 heterocycles. The summed E-state index contributed by atoms with van der Waals surface area (Å²) in [5.41, 5.74) is 0.684. The molecule has 1 N–H and O–H groups in total.